The largest absolute Gasteiger partial charge is 0.493 e. The fourth-order valence-corrected chi connectivity index (χ4v) is 3.78. The smallest absolute Gasteiger partial charge is 0.161 e. The number of halogens is 2. The number of para-hydroxylation sites is 2. The van der Waals surface area contributed by atoms with Crippen molar-refractivity contribution >= 4 is 40.3 Å². The number of aromatic nitrogens is 2. The number of rotatable bonds is 7. The van der Waals surface area contributed by atoms with Gasteiger partial charge in [-0.15, -0.1) is 0 Å². The van der Waals surface area contributed by atoms with Crippen LogP contribution in [0.1, 0.15) is 11.1 Å². The highest BCUT2D eigenvalue weighted by Gasteiger charge is 2.09. The van der Waals surface area contributed by atoms with E-state index in [1.807, 2.05) is 59.2 Å². The Labute approximate surface area is 196 Å². The standard InChI is InChI=1S/C25H19Cl2N3O2/c1-31-25-11-17(6-9-24(25)32-15-19-7-8-20(26)12-21(19)27)10-18(13-28)14-30-16-29-22-4-2-3-5-23(22)30/h2-12,16H,14-15H2,1H3/b18-10-. The highest BCUT2D eigenvalue weighted by Crippen LogP contribution is 2.31. The van der Waals surface area contributed by atoms with E-state index in [2.05, 4.69) is 11.1 Å². The SMILES string of the molecule is COc1cc(/C=C(/C#N)Cn2cnc3ccccc32)ccc1OCc1ccc(Cl)cc1Cl. The number of fused-ring (bicyclic) bond motifs is 1. The van der Waals surface area contributed by atoms with Gasteiger partial charge in [0.05, 0.1) is 37.1 Å². The van der Waals surface area contributed by atoms with Crippen molar-refractivity contribution in [1.82, 2.24) is 9.55 Å². The van der Waals surface area contributed by atoms with Crippen LogP contribution in [0.2, 0.25) is 10.0 Å². The Bertz CT molecular complexity index is 1340. The molecule has 0 unspecified atom stereocenters. The molecule has 4 aromatic rings. The van der Waals surface area contributed by atoms with Crippen molar-refractivity contribution in [3.8, 4) is 17.6 Å². The lowest BCUT2D eigenvalue weighted by atomic mass is 10.1. The summed E-state index contributed by atoms with van der Waals surface area (Å²) < 4.78 is 13.4. The summed E-state index contributed by atoms with van der Waals surface area (Å²) in [6, 6.07) is 20.9. The number of methoxy groups -OCH3 is 1. The highest BCUT2D eigenvalue weighted by molar-refractivity contribution is 6.35. The zero-order valence-corrected chi connectivity index (χ0v) is 18.8. The summed E-state index contributed by atoms with van der Waals surface area (Å²) >= 11 is 12.2. The minimum Gasteiger partial charge on any atom is -0.493 e. The summed E-state index contributed by atoms with van der Waals surface area (Å²) in [5.74, 6) is 1.14. The molecule has 1 heterocycles. The van der Waals surface area contributed by atoms with Crippen molar-refractivity contribution in [2.24, 2.45) is 0 Å². The molecule has 0 aliphatic carbocycles. The molecule has 4 rings (SSSR count). The summed E-state index contributed by atoms with van der Waals surface area (Å²) in [5, 5.41) is 10.8. The van der Waals surface area contributed by atoms with Gasteiger partial charge < -0.3 is 14.0 Å². The minimum absolute atomic E-state index is 0.276. The van der Waals surface area contributed by atoms with Crippen LogP contribution < -0.4 is 9.47 Å². The predicted octanol–water partition coefficient (Wildman–Crippen LogP) is 6.54. The van der Waals surface area contributed by atoms with Crippen LogP contribution in [0.5, 0.6) is 11.5 Å². The maximum absolute atomic E-state index is 9.67. The summed E-state index contributed by atoms with van der Waals surface area (Å²) in [4.78, 5) is 4.38. The molecular formula is C25H19Cl2N3O2. The summed E-state index contributed by atoms with van der Waals surface area (Å²) in [6.07, 6.45) is 3.58. The van der Waals surface area contributed by atoms with Gasteiger partial charge in [-0.25, -0.2) is 4.98 Å². The third kappa shape index (κ3) is 4.88. The lowest BCUT2D eigenvalue weighted by Crippen LogP contribution is -2.00. The number of ether oxygens (including phenoxy) is 2. The summed E-state index contributed by atoms with van der Waals surface area (Å²) in [7, 11) is 1.58. The van der Waals surface area contributed by atoms with Crippen LogP contribution >= 0.6 is 23.2 Å². The minimum atomic E-state index is 0.276. The zero-order chi connectivity index (χ0) is 22.5. The number of imidazole rings is 1. The molecule has 0 atom stereocenters. The maximum Gasteiger partial charge on any atom is 0.161 e. The van der Waals surface area contributed by atoms with E-state index in [1.54, 1.807) is 25.6 Å². The van der Waals surface area contributed by atoms with E-state index >= 15 is 0 Å². The van der Waals surface area contributed by atoms with Crippen LogP contribution in [0.4, 0.5) is 0 Å². The Balaban J connectivity index is 1.53. The third-order valence-corrected chi connectivity index (χ3v) is 5.53. The molecule has 0 fully saturated rings. The second-order valence-electron chi connectivity index (χ2n) is 7.08. The quantitative estimate of drug-likeness (QED) is 0.292. The molecule has 0 aliphatic heterocycles. The van der Waals surface area contributed by atoms with Crippen molar-refractivity contribution in [3.63, 3.8) is 0 Å². The molecule has 0 saturated heterocycles. The van der Waals surface area contributed by atoms with Crippen LogP contribution in [0, 0.1) is 11.3 Å². The van der Waals surface area contributed by atoms with Gasteiger partial charge in [0.1, 0.15) is 6.61 Å². The number of benzene rings is 3. The van der Waals surface area contributed by atoms with E-state index in [4.69, 9.17) is 32.7 Å². The lowest BCUT2D eigenvalue weighted by molar-refractivity contribution is 0.284. The molecule has 0 spiro atoms. The number of nitrogens with zero attached hydrogens (tertiary/aromatic N) is 3. The van der Waals surface area contributed by atoms with E-state index in [9.17, 15) is 5.26 Å². The topological polar surface area (TPSA) is 60.1 Å². The van der Waals surface area contributed by atoms with Gasteiger partial charge in [-0.3, -0.25) is 0 Å². The normalized spacial score (nSPS) is 11.4. The van der Waals surface area contributed by atoms with Crippen molar-refractivity contribution in [2.45, 2.75) is 13.2 Å². The van der Waals surface area contributed by atoms with Crippen LogP contribution in [0.25, 0.3) is 17.1 Å². The van der Waals surface area contributed by atoms with Crippen molar-refractivity contribution in [1.29, 1.82) is 5.26 Å². The Morgan fingerprint density at radius 3 is 2.72 bits per heavy atom. The molecule has 0 radical (unpaired) electrons. The molecule has 0 bridgehead atoms. The molecule has 7 heteroatoms. The molecule has 1 aromatic heterocycles. The van der Waals surface area contributed by atoms with E-state index in [-0.39, 0.29) is 6.61 Å². The predicted molar refractivity (Wildman–Crippen MR) is 127 cm³/mol. The van der Waals surface area contributed by atoms with E-state index < -0.39 is 0 Å². The van der Waals surface area contributed by atoms with E-state index in [0.717, 1.165) is 22.2 Å². The summed E-state index contributed by atoms with van der Waals surface area (Å²) in [6.45, 7) is 0.700. The van der Waals surface area contributed by atoms with Gasteiger partial charge in [0.2, 0.25) is 0 Å². The molecule has 0 amide bonds. The van der Waals surface area contributed by atoms with Gasteiger partial charge in [-0.05, 0) is 48.0 Å². The number of hydrogen-bond donors (Lipinski definition) is 0. The average molecular weight is 464 g/mol. The summed E-state index contributed by atoms with van der Waals surface area (Å²) in [5.41, 5.74) is 4.13. The Morgan fingerprint density at radius 2 is 1.94 bits per heavy atom. The molecule has 0 saturated carbocycles. The molecule has 0 aliphatic rings. The Kier molecular flexibility index (Phi) is 6.65. The number of allylic oxidation sites excluding steroid dienone is 1. The molecule has 3 aromatic carbocycles. The maximum atomic E-state index is 9.67. The first kappa shape index (κ1) is 21.8. The van der Waals surface area contributed by atoms with E-state index in [0.29, 0.717) is 33.7 Å². The molecule has 160 valence electrons. The van der Waals surface area contributed by atoms with Crippen LogP contribution in [-0.2, 0) is 13.2 Å². The molecule has 32 heavy (non-hydrogen) atoms. The zero-order valence-electron chi connectivity index (χ0n) is 17.3. The molecule has 0 N–H and O–H groups in total. The van der Waals surface area contributed by atoms with E-state index in [1.165, 1.54) is 0 Å². The monoisotopic (exact) mass is 463 g/mol. The van der Waals surface area contributed by atoms with Gasteiger partial charge in [-0.2, -0.15) is 5.26 Å². The first-order valence-electron chi connectivity index (χ1n) is 9.82. The average Bonchev–Trinajstić information content (AvgIpc) is 3.21. The van der Waals surface area contributed by atoms with Crippen molar-refractivity contribution in [3.05, 3.63) is 93.7 Å². The molecular weight excluding hydrogens is 445 g/mol. The Hall–Kier alpha value is -3.46. The van der Waals surface area contributed by atoms with Gasteiger partial charge in [0, 0.05) is 21.2 Å². The van der Waals surface area contributed by atoms with Crippen LogP contribution in [0.15, 0.2) is 72.6 Å². The molecule has 5 nitrogen and oxygen atoms in total. The lowest BCUT2D eigenvalue weighted by Gasteiger charge is -2.12. The van der Waals surface area contributed by atoms with Crippen LogP contribution in [0.3, 0.4) is 0 Å². The highest BCUT2D eigenvalue weighted by atomic mass is 35.5. The second kappa shape index (κ2) is 9.78. The van der Waals surface area contributed by atoms with Crippen molar-refractivity contribution in [2.75, 3.05) is 7.11 Å². The van der Waals surface area contributed by atoms with Gasteiger partial charge >= 0.3 is 0 Å². The fraction of sp³-hybridized carbons (Fsp3) is 0.120. The first-order valence-corrected chi connectivity index (χ1v) is 10.6. The number of hydrogen-bond acceptors (Lipinski definition) is 4. The second-order valence-corrected chi connectivity index (χ2v) is 7.92. The van der Waals surface area contributed by atoms with Gasteiger partial charge in [-0.1, -0.05) is 47.5 Å². The van der Waals surface area contributed by atoms with Crippen LogP contribution in [-0.4, -0.2) is 16.7 Å². The van der Waals surface area contributed by atoms with Gasteiger partial charge in [0.25, 0.3) is 0 Å². The van der Waals surface area contributed by atoms with Crippen molar-refractivity contribution < 1.29 is 9.47 Å². The fourth-order valence-electron chi connectivity index (χ4n) is 3.32. The number of nitriles is 1. The Morgan fingerprint density at radius 1 is 1.09 bits per heavy atom. The van der Waals surface area contributed by atoms with Gasteiger partial charge in [0.15, 0.2) is 11.5 Å². The first-order chi connectivity index (χ1) is 15.6. The third-order valence-electron chi connectivity index (χ3n) is 4.94.